The van der Waals surface area contributed by atoms with Crippen LogP contribution in [-0.4, -0.2) is 25.2 Å². The topological polar surface area (TPSA) is 18.5 Å². The fourth-order valence-corrected chi connectivity index (χ4v) is 2.13. The molecule has 0 aliphatic rings. The standard InChI is InChI=1S/C14H15BrO2/c1-16-12(9-15)10-17-14-8-4-6-11-5-2-3-7-13(11)14/h2-8,12H,9-10H2,1H3/t12-/m0/s1. The van der Waals surface area contributed by atoms with Crippen LogP contribution in [0, 0.1) is 0 Å². The number of alkyl halides is 1. The van der Waals surface area contributed by atoms with Gasteiger partial charge in [0.1, 0.15) is 18.5 Å². The van der Waals surface area contributed by atoms with Crippen LogP contribution in [0.2, 0.25) is 0 Å². The van der Waals surface area contributed by atoms with Crippen LogP contribution in [-0.2, 0) is 4.74 Å². The molecule has 0 aliphatic carbocycles. The van der Waals surface area contributed by atoms with Crippen molar-refractivity contribution in [2.45, 2.75) is 6.10 Å². The first kappa shape index (κ1) is 12.4. The minimum atomic E-state index is 0.0777. The largest absolute Gasteiger partial charge is 0.490 e. The van der Waals surface area contributed by atoms with Gasteiger partial charge in [0.15, 0.2) is 0 Å². The molecule has 2 nitrogen and oxygen atoms in total. The summed E-state index contributed by atoms with van der Waals surface area (Å²) >= 11 is 3.39. The normalized spacial score (nSPS) is 12.6. The number of fused-ring (bicyclic) bond motifs is 1. The molecule has 2 aromatic rings. The molecule has 0 unspecified atom stereocenters. The lowest BCUT2D eigenvalue weighted by Gasteiger charge is -2.14. The predicted octanol–water partition coefficient (Wildman–Crippen LogP) is 3.63. The summed E-state index contributed by atoms with van der Waals surface area (Å²) in [5.74, 6) is 0.908. The molecule has 0 aromatic heterocycles. The first-order valence-corrected chi connectivity index (χ1v) is 6.66. The number of hydrogen-bond acceptors (Lipinski definition) is 2. The molecule has 17 heavy (non-hydrogen) atoms. The molecule has 2 aromatic carbocycles. The summed E-state index contributed by atoms with van der Waals surface area (Å²) in [6, 6.07) is 14.3. The zero-order valence-corrected chi connectivity index (χ0v) is 11.3. The van der Waals surface area contributed by atoms with Crippen LogP contribution in [0.4, 0.5) is 0 Å². The van der Waals surface area contributed by atoms with Gasteiger partial charge in [0.25, 0.3) is 0 Å². The molecule has 1 atom stereocenters. The Morgan fingerprint density at radius 2 is 1.88 bits per heavy atom. The lowest BCUT2D eigenvalue weighted by molar-refractivity contribution is 0.0764. The van der Waals surface area contributed by atoms with Gasteiger partial charge in [-0.15, -0.1) is 0 Å². The van der Waals surface area contributed by atoms with Crippen LogP contribution in [0.3, 0.4) is 0 Å². The highest BCUT2D eigenvalue weighted by Gasteiger charge is 2.07. The van der Waals surface area contributed by atoms with Crippen LogP contribution < -0.4 is 4.74 Å². The third-order valence-corrected chi connectivity index (χ3v) is 3.40. The van der Waals surface area contributed by atoms with E-state index >= 15 is 0 Å². The van der Waals surface area contributed by atoms with Crippen molar-refractivity contribution in [1.29, 1.82) is 0 Å². The zero-order chi connectivity index (χ0) is 12.1. The van der Waals surface area contributed by atoms with Crippen molar-refractivity contribution in [3.05, 3.63) is 42.5 Å². The van der Waals surface area contributed by atoms with E-state index in [0.29, 0.717) is 6.61 Å². The molecule has 0 heterocycles. The average Bonchev–Trinajstić information content (AvgIpc) is 2.40. The fraction of sp³-hybridized carbons (Fsp3) is 0.286. The minimum absolute atomic E-state index is 0.0777. The van der Waals surface area contributed by atoms with E-state index in [4.69, 9.17) is 9.47 Å². The van der Waals surface area contributed by atoms with E-state index < -0.39 is 0 Å². The van der Waals surface area contributed by atoms with Gasteiger partial charge in [-0.1, -0.05) is 52.3 Å². The average molecular weight is 295 g/mol. The molecule has 0 radical (unpaired) electrons. The predicted molar refractivity (Wildman–Crippen MR) is 74.0 cm³/mol. The van der Waals surface area contributed by atoms with Crippen LogP contribution >= 0.6 is 15.9 Å². The van der Waals surface area contributed by atoms with Crippen molar-refractivity contribution in [2.24, 2.45) is 0 Å². The smallest absolute Gasteiger partial charge is 0.127 e. The van der Waals surface area contributed by atoms with Crippen LogP contribution in [0.1, 0.15) is 0 Å². The highest BCUT2D eigenvalue weighted by molar-refractivity contribution is 9.09. The van der Waals surface area contributed by atoms with Gasteiger partial charge < -0.3 is 9.47 Å². The lowest BCUT2D eigenvalue weighted by Crippen LogP contribution is -2.21. The molecule has 0 N–H and O–H groups in total. The van der Waals surface area contributed by atoms with Gasteiger partial charge in [0.2, 0.25) is 0 Å². The summed E-state index contributed by atoms with van der Waals surface area (Å²) in [6.45, 7) is 0.551. The Morgan fingerprint density at radius 1 is 1.12 bits per heavy atom. The van der Waals surface area contributed by atoms with Gasteiger partial charge in [0.05, 0.1) is 0 Å². The number of benzene rings is 2. The second kappa shape index (κ2) is 6.03. The third-order valence-electron chi connectivity index (χ3n) is 2.68. The molecular formula is C14H15BrO2. The highest BCUT2D eigenvalue weighted by atomic mass is 79.9. The molecule has 0 saturated heterocycles. The summed E-state index contributed by atoms with van der Waals surface area (Å²) in [4.78, 5) is 0. The van der Waals surface area contributed by atoms with Gasteiger partial charge in [-0.2, -0.15) is 0 Å². The van der Waals surface area contributed by atoms with Crippen molar-refractivity contribution >= 4 is 26.7 Å². The lowest BCUT2D eigenvalue weighted by atomic mass is 10.1. The van der Waals surface area contributed by atoms with E-state index in [0.717, 1.165) is 16.5 Å². The number of hydrogen-bond donors (Lipinski definition) is 0. The molecule has 90 valence electrons. The van der Waals surface area contributed by atoms with E-state index in [9.17, 15) is 0 Å². The second-order valence-electron chi connectivity index (χ2n) is 3.80. The zero-order valence-electron chi connectivity index (χ0n) is 9.73. The molecule has 0 amide bonds. The number of halogens is 1. The summed E-state index contributed by atoms with van der Waals surface area (Å²) in [7, 11) is 1.69. The third kappa shape index (κ3) is 2.99. The Morgan fingerprint density at radius 3 is 2.65 bits per heavy atom. The van der Waals surface area contributed by atoms with Crippen LogP contribution in [0.25, 0.3) is 10.8 Å². The quantitative estimate of drug-likeness (QED) is 0.784. The maximum atomic E-state index is 5.81. The Bertz CT molecular complexity index is 475. The molecule has 2 rings (SSSR count). The van der Waals surface area contributed by atoms with Gasteiger partial charge >= 0.3 is 0 Å². The molecule has 3 heteroatoms. The second-order valence-corrected chi connectivity index (χ2v) is 4.45. The number of rotatable bonds is 5. The van der Waals surface area contributed by atoms with E-state index in [2.05, 4.69) is 34.1 Å². The van der Waals surface area contributed by atoms with Gasteiger partial charge in [-0.25, -0.2) is 0 Å². The summed E-state index contributed by atoms with van der Waals surface area (Å²) in [5.41, 5.74) is 0. The maximum Gasteiger partial charge on any atom is 0.127 e. The molecule has 0 fully saturated rings. The van der Waals surface area contributed by atoms with Crippen molar-refractivity contribution in [1.82, 2.24) is 0 Å². The van der Waals surface area contributed by atoms with E-state index in [1.165, 1.54) is 5.39 Å². The Balaban J connectivity index is 2.18. The van der Waals surface area contributed by atoms with E-state index in [-0.39, 0.29) is 6.10 Å². The molecule has 0 aliphatic heterocycles. The van der Waals surface area contributed by atoms with E-state index in [1.807, 2.05) is 24.3 Å². The Kier molecular flexibility index (Phi) is 4.40. The van der Waals surface area contributed by atoms with Crippen molar-refractivity contribution in [2.75, 3.05) is 19.0 Å². The van der Waals surface area contributed by atoms with Crippen molar-refractivity contribution < 1.29 is 9.47 Å². The molecule has 0 bridgehead atoms. The molecule has 0 spiro atoms. The SMILES string of the molecule is CO[C@@H](CBr)COc1cccc2ccccc12. The van der Waals surface area contributed by atoms with E-state index in [1.54, 1.807) is 7.11 Å². The fourth-order valence-electron chi connectivity index (χ4n) is 1.68. The molecular weight excluding hydrogens is 280 g/mol. The maximum absolute atomic E-state index is 5.81. The van der Waals surface area contributed by atoms with Gasteiger partial charge in [0, 0.05) is 17.8 Å². The van der Waals surface area contributed by atoms with Crippen LogP contribution in [0.15, 0.2) is 42.5 Å². The number of ether oxygens (including phenoxy) is 2. The highest BCUT2D eigenvalue weighted by Crippen LogP contribution is 2.25. The van der Waals surface area contributed by atoms with Gasteiger partial charge in [-0.3, -0.25) is 0 Å². The van der Waals surface area contributed by atoms with Crippen molar-refractivity contribution in [3.8, 4) is 5.75 Å². The van der Waals surface area contributed by atoms with Crippen molar-refractivity contribution in [3.63, 3.8) is 0 Å². The minimum Gasteiger partial charge on any atom is -0.490 e. The summed E-state index contributed by atoms with van der Waals surface area (Å²) in [6.07, 6.45) is 0.0777. The Hall–Kier alpha value is -1.06. The van der Waals surface area contributed by atoms with Gasteiger partial charge in [-0.05, 0) is 11.5 Å². The summed E-state index contributed by atoms with van der Waals surface area (Å²) in [5, 5.41) is 3.10. The summed E-state index contributed by atoms with van der Waals surface area (Å²) < 4.78 is 11.1. The van der Waals surface area contributed by atoms with Crippen LogP contribution in [0.5, 0.6) is 5.75 Å². The number of methoxy groups -OCH3 is 1. The Labute approximate surface area is 110 Å². The molecule has 0 saturated carbocycles. The first-order valence-electron chi connectivity index (χ1n) is 5.54. The first-order chi connectivity index (χ1) is 8.35. The monoisotopic (exact) mass is 294 g/mol.